The Labute approximate surface area is 161 Å². The Morgan fingerprint density at radius 1 is 1.15 bits per heavy atom. The van der Waals surface area contributed by atoms with Crippen LogP contribution in [0, 0.1) is 0 Å². The zero-order valence-corrected chi connectivity index (χ0v) is 16.3. The van der Waals surface area contributed by atoms with Crippen LogP contribution in [0.25, 0.3) is 0 Å². The smallest absolute Gasteiger partial charge is 0.276 e. The van der Waals surface area contributed by atoms with Gasteiger partial charge in [0.15, 0.2) is 5.69 Å². The van der Waals surface area contributed by atoms with Crippen LogP contribution in [0.3, 0.4) is 0 Å². The predicted octanol–water partition coefficient (Wildman–Crippen LogP) is 4.07. The van der Waals surface area contributed by atoms with Crippen LogP contribution in [0.2, 0.25) is 0 Å². The van der Waals surface area contributed by atoms with Crippen LogP contribution in [0.15, 0.2) is 40.9 Å². The van der Waals surface area contributed by atoms with Crippen LogP contribution >= 0.6 is 0 Å². The largest absolute Gasteiger partial charge is 0.360 e. The van der Waals surface area contributed by atoms with Gasteiger partial charge in [0.05, 0.1) is 0 Å². The molecule has 5 nitrogen and oxygen atoms in total. The van der Waals surface area contributed by atoms with Crippen LogP contribution in [-0.2, 0) is 6.54 Å². The van der Waals surface area contributed by atoms with Crippen LogP contribution < -0.4 is 0 Å². The molecule has 2 aliphatic heterocycles. The molecule has 1 aromatic carbocycles. The molecular weight excluding hydrogens is 338 g/mol. The van der Waals surface area contributed by atoms with E-state index in [1.807, 2.05) is 19.9 Å². The summed E-state index contributed by atoms with van der Waals surface area (Å²) in [6.07, 6.45) is 4.52. The van der Waals surface area contributed by atoms with Gasteiger partial charge >= 0.3 is 0 Å². The highest BCUT2D eigenvalue weighted by Gasteiger charge is 2.40. The number of nitrogens with zero attached hydrogens (tertiary/aromatic N) is 3. The SMILES string of the molecule is CC(C)c1cc(C(=O)N2CCC[C@H]2[C@H]2CCCN2Cc2ccccc2)no1. The first-order valence-corrected chi connectivity index (χ1v) is 10.2. The molecule has 3 heterocycles. The molecule has 0 aliphatic carbocycles. The number of carbonyl (C=O) groups is 1. The van der Waals surface area contributed by atoms with Gasteiger partial charge in [-0.25, -0.2) is 0 Å². The summed E-state index contributed by atoms with van der Waals surface area (Å²) in [5.41, 5.74) is 1.80. The zero-order chi connectivity index (χ0) is 18.8. The van der Waals surface area contributed by atoms with E-state index in [0.717, 1.165) is 44.7 Å². The number of rotatable bonds is 5. The third kappa shape index (κ3) is 3.79. The third-order valence-corrected chi connectivity index (χ3v) is 5.96. The van der Waals surface area contributed by atoms with Gasteiger partial charge < -0.3 is 9.42 Å². The van der Waals surface area contributed by atoms with E-state index in [1.54, 1.807) is 0 Å². The van der Waals surface area contributed by atoms with E-state index in [-0.39, 0.29) is 17.9 Å². The van der Waals surface area contributed by atoms with Crippen LogP contribution in [0.4, 0.5) is 0 Å². The maximum Gasteiger partial charge on any atom is 0.276 e. The van der Waals surface area contributed by atoms with Crippen molar-refractivity contribution in [3.05, 3.63) is 53.4 Å². The first kappa shape index (κ1) is 18.2. The minimum atomic E-state index is 0.0275. The highest BCUT2D eigenvalue weighted by atomic mass is 16.5. The number of benzene rings is 1. The fourth-order valence-electron chi connectivity index (χ4n) is 4.56. The number of carbonyl (C=O) groups excluding carboxylic acids is 1. The van der Waals surface area contributed by atoms with Crippen LogP contribution in [0.1, 0.15) is 67.3 Å². The van der Waals surface area contributed by atoms with Crippen molar-refractivity contribution in [2.24, 2.45) is 0 Å². The van der Waals surface area contributed by atoms with Crippen molar-refractivity contribution in [3.63, 3.8) is 0 Å². The molecule has 4 rings (SSSR count). The Morgan fingerprint density at radius 3 is 2.63 bits per heavy atom. The van der Waals surface area contributed by atoms with Crippen molar-refractivity contribution in [1.29, 1.82) is 0 Å². The van der Waals surface area contributed by atoms with E-state index >= 15 is 0 Å². The van der Waals surface area contributed by atoms with Gasteiger partial charge in [0.25, 0.3) is 5.91 Å². The minimum absolute atomic E-state index is 0.0275. The van der Waals surface area contributed by atoms with Gasteiger partial charge in [-0.1, -0.05) is 49.3 Å². The molecule has 0 bridgehead atoms. The first-order chi connectivity index (χ1) is 13.1. The summed E-state index contributed by atoms with van der Waals surface area (Å²) in [5.74, 6) is 1.05. The summed E-state index contributed by atoms with van der Waals surface area (Å²) in [5, 5.41) is 4.05. The quantitative estimate of drug-likeness (QED) is 0.799. The Kier molecular flexibility index (Phi) is 5.30. The van der Waals surface area contributed by atoms with E-state index in [2.05, 4.69) is 45.3 Å². The molecule has 2 saturated heterocycles. The number of likely N-dealkylation sites (tertiary alicyclic amines) is 2. The summed E-state index contributed by atoms with van der Waals surface area (Å²) >= 11 is 0. The van der Waals surface area contributed by atoms with Crippen molar-refractivity contribution >= 4 is 5.91 Å². The topological polar surface area (TPSA) is 49.6 Å². The molecule has 0 unspecified atom stereocenters. The zero-order valence-electron chi connectivity index (χ0n) is 16.3. The van der Waals surface area contributed by atoms with Crippen molar-refractivity contribution in [2.45, 2.75) is 64.1 Å². The molecule has 0 spiro atoms. The highest BCUT2D eigenvalue weighted by Crippen LogP contribution is 2.32. The number of hydrogen-bond donors (Lipinski definition) is 0. The van der Waals surface area contributed by atoms with Gasteiger partial charge in [-0.3, -0.25) is 9.69 Å². The van der Waals surface area contributed by atoms with Crippen molar-refractivity contribution in [1.82, 2.24) is 15.0 Å². The second-order valence-corrected chi connectivity index (χ2v) is 8.14. The maximum atomic E-state index is 13.1. The van der Waals surface area contributed by atoms with Gasteiger partial charge in [0, 0.05) is 37.2 Å². The second-order valence-electron chi connectivity index (χ2n) is 8.14. The van der Waals surface area contributed by atoms with Gasteiger partial charge in [0.1, 0.15) is 5.76 Å². The van der Waals surface area contributed by atoms with E-state index < -0.39 is 0 Å². The predicted molar refractivity (Wildman–Crippen MR) is 105 cm³/mol. The Balaban J connectivity index is 1.49. The van der Waals surface area contributed by atoms with Gasteiger partial charge in [-0.2, -0.15) is 0 Å². The molecule has 0 saturated carbocycles. The van der Waals surface area contributed by atoms with Gasteiger partial charge in [-0.05, 0) is 37.8 Å². The maximum absolute atomic E-state index is 13.1. The van der Waals surface area contributed by atoms with Crippen molar-refractivity contribution in [3.8, 4) is 0 Å². The van der Waals surface area contributed by atoms with Gasteiger partial charge in [-0.15, -0.1) is 0 Å². The Morgan fingerprint density at radius 2 is 1.89 bits per heavy atom. The number of aromatic nitrogens is 1. The fourth-order valence-corrected chi connectivity index (χ4v) is 4.56. The molecular formula is C22H29N3O2. The van der Waals surface area contributed by atoms with Crippen LogP contribution in [-0.4, -0.2) is 46.0 Å². The average molecular weight is 367 g/mol. The summed E-state index contributed by atoms with van der Waals surface area (Å²) in [6, 6.07) is 13.2. The molecule has 1 amide bonds. The Bertz CT molecular complexity index is 771. The summed E-state index contributed by atoms with van der Waals surface area (Å²) in [4.78, 5) is 17.7. The summed E-state index contributed by atoms with van der Waals surface area (Å²) in [7, 11) is 0. The number of hydrogen-bond acceptors (Lipinski definition) is 4. The summed E-state index contributed by atoms with van der Waals surface area (Å²) < 4.78 is 5.36. The highest BCUT2D eigenvalue weighted by molar-refractivity contribution is 5.92. The molecule has 5 heteroatoms. The normalized spacial score (nSPS) is 23.4. The molecule has 0 N–H and O–H groups in total. The van der Waals surface area contributed by atoms with Crippen LogP contribution in [0.5, 0.6) is 0 Å². The van der Waals surface area contributed by atoms with E-state index in [9.17, 15) is 4.79 Å². The molecule has 2 aliphatic rings. The Hall–Kier alpha value is -2.14. The third-order valence-electron chi connectivity index (χ3n) is 5.96. The lowest BCUT2D eigenvalue weighted by Gasteiger charge is -2.34. The van der Waals surface area contributed by atoms with Gasteiger partial charge in [0.2, 0.25) is 0 Å². The van der Waals surface area contributed by atoms with Crippen molar-refractivity contribution < 1.29 is 9.32 Å². The van der Waals surface area contributed by atoms with E-state index in [0.29, 0.717) is 11.7 Å². The number of amides is 1. The summed E-state index contributed by atoms with van der Waals surface area (Å²) in [6.45, 7) is 6.99. The van der Waals surface area contributed by atoms with Crippen molar-refractivity contribution in [2.75, 3.05) is 13.1 Å². The monoisotopic (exact) mass is 367 g/mol. The molecule has 2 atom stereocenters. The minimum Gasteiger partial charge on any atom is -0.360 e. The standard InChI is InChI=1S/C22H29N3O2/c1-16(2)21-14-18(23-27-21)22(26)25-13-7-11-20(25)19-10-6-12-24(19)15-17-8-4-3-5-9-17/h3-5,8-9,14,16,19-20H,6-7,10-13,15H2,1-2H3/t19-,20+/m1/s1. The van der Waals surface area contributed by atoms with E-state index in [1.165, 1.54) is 12.0 Å². The molecule has 2 fully saturated rings. The fraction of sp³-hybridized carbons (Fsp3) is 0.545. The molecule has 2 aromatic rings. The second kappa shape index (κ2) is 7.85. The average Bonchev–Trinajstić information content (AvgIpc) is 3.42. The molecule has 1 aromatic heterocycles. The molecule has 144 valence electrons. The lowest BCUT2D eigenvalue weighted by Crippen LogP contribution is -2.48. The first-order valence-electron chi connectivity index (χ1n) is 10.2. The molecule has 27 heavy (non-hydrogen) atoms. The lowest BCUT2D eigenvalue weighted by atomic mass is 10.0. The molecule has 0 radical (unpaired) electrons. The lowest BCUT2D eigenvalue weighted by molar-refractivity contribution is 0.0629. The van der Waals surface area contributed by atoms with E-state index in [4.69, 9.17) is 4.52 Å².